The summed E-state index contributed by atoms with van der Waals surface area (Å²) < 4.78 is 2.95. The number of carbonyl (C=O) groups is 1. The number of nitrogens with zero attached hydrogens (tertiary/aromatic N) is 3. The third-order valence-electron chi connectivity index (χ3n) is 3.69. The van der Waals surface area contributed by atoms with Gasteiger partial charge in [-0.15, -0.1) is 0 Å². The molecule has 9 heteroatoms. The Balaban J connectivity index is 2.04. The van der Waals surface area contributed by atoms with E-state index >= 15 is 0 Å². The Morgan fingerprint density at radius 3 is 2.69 bits per heavy atom. The van der Waals surface area contributed by atoms with Gasteiger partial charge in [-0.2, -0.15) is 16.8 Å². The van der Waals surface area contributed by atoms with Crippen LogP contribution in [0.25, 0.3) is 10.2 Å². The fourth-order valence-corrected chi connectivity index (χ4v) is 4.10. The quantitative estimate of drug-likeness (QED) is 0.464. The van der Waals surface area contributed by atoms with Crippen LogP contribution in [0.3, 0.4) is 0 Å². The Hall–Kier alpha value is -2.16. The number of aryl methyl sites for hydroxylation is 1. The van der Waals surface area contributed by atoms with Crippen LogP contribution in [0.2, 0.25) is 5.02 Å². The first kappa shape index (κ1) is 18.6. The Morgan fingerprint density at radius 2 is 2.04 bits per heavy atom. The molecule has 3 rings (SSSR count). The van der Waals surface area contributed by atoms with Crippen molar-refractivity contribution in [1.82, 2.24) is 4.57 Å². The monoisotopic (exact) mass is 407 g/mol. The molecular formula is C17H14ClN3O3S2. The van der Waals surface area contributed by atoms with Crippen molar-refractivity contribution in [3.05, 3.63) is 68.0 Å². The van der Waals surface area contributed by atoms with E-state index < -0.39 is 10.8 Å². The molecule has 1 heterocycles. The van der Waals surface area contributed by atoms with Crippen LogP contribution in [0.15, 0.2) is 47.5 Å². The van der Waals surface area contributed by atoms with Crippen molar-refractivity contribution < 1.29 is 9.72 Å². The zero-order chi connectivity index (χ0) is 18.7. The van der Waals surface area contributed by atoms with Crippen molar-refractivity contribution in [2.45, 2.75) is 6.54 Å². The van der Waals surface area contributed by atoms with Gasteiger partial charge in [-0.1, -0.05) is 22.9 Å². The van der Waals surface area contributed by atoms with Crippen LogP contribution in [0.4, 0.5) is 5.69 Å². The zero-order valence-corrected chi connectivity index (χ0v) is 16.1. The largest absolute Gasteiger partial charge is 0.316 e. The van der Waals surface area contributed by atoms with Gasteiger partial charge in [-0.05, 0) is 36.6 Å². The summed E-state index contributed by atoms with van der Waals surface area (Å²) in [5, 5.41) is 11.4. The van der Waals surface area contributed by atoms with E-state index in [-0.39, 0.29) is 5.69 Å². The van der Waals surface area contributed by atoms with E-state index in [9.17, 15) is 14.9 Å². The fourth-order valence-electron chi connectivity index (χ4n) is 2.41. The first-order chi connectivity index (χ1) is 12.5. The molecule has 2 aromatic carbocycles. The summed E-state index contributed by atoms with van der Waals surface area (Å²) in [6, 6.07) is 11.0. The number of thioether (sulfide) groups is 1. The van der Waals surface area contributed by atoms with Crippen LogP contribution in [0.1, 0.15) is 10.4 Å². The standard InChI is InChI=1S/C17H14ClN3O3S2/c1-25-9-8-20-14-7-4-12(18)10-15(14)26-17(20)19-16(22)11-2-5-13(6-3-11)21(23)24/h2-7,10H,8-9H2,1H3. The summed E-state index contributed by atoms with van der Waals surface area (Å²) in [5.74, 6) is 0.448. The van der Waals surface area contributed by atoms with E-state index in [0.717, 1.165) is 22.5 Å². The van der Waals surface area contributed by atoms with Crippen LogP contribution in [-0.4, -0.2) is 27.4 Å². The van der Waals surface area contributed by atoms with Gasteiger partial charge in [0, 0.05) is 35.0 Å². The molecule has 0 atom stereocenters. The Labute approximate surface area is 162 Å². The van der Waals surface area contributed by atoms with Crippen molar-refractivity contribution in [2.75, 3.05) is 12.0 Å². The second kappa shape index (κ2) is 8.03. The van der Waals surface area contributed by atoms with Gasteiger partial charge in [0.15, 0.2) is 4.80 Å². The molecule has 0 radical (unpaired) electrons. The Kier molecular flexibility index (Phi) is 5.75. The number of aromatic nitrogens is 1. The number of nitro benzene ring substituents is 1. The molecule has 0 unspecified atom stereocenters. The lowest BCUT2D eigenvalue weighted by molar-refractivity contribution is -0.384. The molecule has 0 saturated heterocycles. The van der Waals surface area contributed by atoms with E-state index in [1.165, 1.54) is 35.6 Å². The maximum Gasteiger partial charge on any atom is 0.279 e. The molecule has 0 aliphatic rings. The second-order valence-electron chi connectivity index (χ2n) is 5.36. The number of fused-ring (bicyclic) bond motifs is 1. The molecule has 1 amide bonds. The van der Waals surface area contributed by atoms with Crippen LogP contribution in [0, 0.1) is 10.1 Å². The second-order valence-corrected chi connectivity index (χ2v) is 7.79. The molecule has 1 aromatic heterocycles. The number of nitro groups is 1. The van der Waals surface area contributed by atoms with Gasteiger partial charge in [0.2, 0.25) is 0 Å². The minimum Gasteiger partial charge on any atom is -0.316 e. The highest BCUT2D eigenvalue weighted by Gasteiger charge is 2.11. The van der Waals surface area contributed by atoms with E-state index in [4.69, 9.17) is 11.6 Å². The molecule has 6 nitrogen and oxygen atoms in total. The minimum atomic E-state index is -0.502. The van der Waals surface area contributed by atoms with Crippen molar-refractivity contribution in [2.24, 2.45) is 4.99 Å². The van der Waals surface area contributed by atoms with E-state index in [1.54, 1.807) is 11.8 Å². The number of thiazole rings is 1. The van der Waals surface area contributed by atoms with Crippen molar-refractivity contribution in [3.63, 3.8) is 0 Å². The summed E-state index contributed by atoms with van der Waals surface area (Å²) in [4.78, 5) is 27.5. The van der Waals surface area contributed by atoms with Crippen LogP contribution >= 0.6 is 34.7 Å². The average Bonchev–Trinajstić information content (AvgIpc) is 2.95. The molecular weight excluding hydrogens is 394 g/mol. The van der Waals surface area contributed by atoms with Crippen molar-refractivity contribution in [1.29, 1.82) is 0 Å². The average molecular weight is 408 g/mol. The zero-order valence-electron chi connectivity index (χ0n) is 13.7. The van der Waals surface area contributed by atoms with Crippen molar-refractivity contribution in [3.8, 4) is 0 Å². The lowest BCUT2D eigenvalue weighted by atomic mass is 10.2. The summed E-state index contributed by atoms with van der Waals surface area (Å²) in [6.45, 7) is 0.717. The summed E-state index contributed by atoms with van der Waals surface area (Å²) in [7, 11) is 0. The summed E-state index contributed by atoms with van der Waals surface area (Å²) in [5.41, 5.74) is 1.22. The third kappa shape index (κ3) is 3.98. The van der Waals surface area contributed by atoms with E-state index in [1.807, 2.05) is 29.0 Å². The van der Waals surface area contributed by atoms with Crippen LogP contribution in [-0.2, 0) is 6.54 Å². The number of amides is 1. The summed E-state index contributed by atoms with van der Waals surface area (Å²) in [6.07, 6.45) is 2.02. The molecule has 3 aromatic rings. The number of carbonyl (C=O) groups excluding carboxylic acids is 1. The maximum absolute atomic E-state index is 12.5. The number of hydrogen-bond donors (Lipinski definition) is 0. The van der Waals surface area contributed by atoms with E-state index in [2.05, 4.69) is 4.99 Å². The van der Waals surface area contributed by atoms with Gasteiger partial charge in [0.1, 0.15) is 0 Å². The predicted octanol–water partition coefficient (Wildman–Crippen LogP) is 4.37. The van der Waals surface area contributed by atoms with Gasteiger partial charge in [0.05, 0.1) is 15.1 Å². The number of hydrogen-bond acceptors (Lipinski definition) is 5. The molecule has 26 heavy (non-hydrogen) atoms. The van der Waals surface area contributed by atoms with E-state index in [0.29, 0.717) is 15.4 Å². The maximum atomic E-state index is 12.5. The molecule has 0 aliphatic heterocycles. The number of halogens is 1. The van der Waals surface area contributed by atoms with Crippen LogP contribution in [0.5, 0.6) is 0 Å². The van der Waals surface area contributed by atoms with Gasteiger partial charge < -0.3 is 4.57 Å². The molecule has 0 fully saturated rings. The molecule has 0 N–H and O–H groups in total. The van der Waals surface area contributed by atoms with Gasteiger partial charge in [0.25, 0.3) is 11.6 Å². The van der Waals surface area contributed by atoms with Crippen molar-refractivity contribution >= 4 is 56.5 Å². The van der Waals surface area contributed by atoms with Gasteiger partial charge >= 0.3 is 0 Å². The third-order valence-corrected chi connectivity index (χ3v) is 5.55. The lowest BCUT2D eigenvalue weighted by Gasteiger charge is -2.03. The molecule has 134 valence electrons. The number of benzene rings is 2. The molecule has 0 spiro atoms. The molecule has 0 bridgehead atoms. The lowest BCUT2D eigenvalue weighted by Crippen LogP contribution is -2.18. The minimum absolute atomic E-state index is 0.0620. The molecule has 0 aliphatic carbocycles. The fraction of sp³-hybridized carbons (Fsp3) is 0.176. The van der Waals surface area contributed by atoms with Crippen LogP contribution < -0.4 is 4.80 Å². The van der Waals surface area contributed by atoms with Gasteiger partial charge in [-0.3, -0.25) is 14.9 Å². The first-order valence-electron chi connectivity index (χ1n) is 7.61. The predicted molar refractivity (Wildman–Crippen MR) is 106 cm³/mol. The summed E-state index contributed by atoms with van der Waals surface area (Å²) >= 11 is 9.17. The highest BCUT2D eigenvalue weighted by molar-refractivity contribution is 7.98. The smallest absolute Gasteiger partial charge is 0.279 e. The highest BCUT2D eigenvalue weighted by atomic mass is 35.5. The first-order valence-corrected chi connectivity index (χ1v) is 10.2. The van der Waals surface area contributed by atoms with Gasteiger partial charge in [-0.25, -0.2) is 0 Å². The number of non-ortho nitro benzene ring substituents is 1. The Bertz CT molecular complexity index is 1040. The topological polar surface area (TPSA) is 77.5 Å². The Morgan fingerprint density at radius 1 is 1.31 bits per heavy atom. The number of rotatable bonds is 5. The molecule has 0 saturated carbocycles. The SMILES string of the molecule is CSCCn1c(=NC(=O)c2ccc([N+](=O)[O-])cc2)sc2cc(Cl)ccc21. The highest BCUT2D eigenvalue weighted by Crippen LogP contribution is 2.22. The normalized spacial score (nSPS) is 11.8.